The van der Waals surface area contributed by atoms with Crippen LogP contribution in [0.2, 0.25) is 0 Å². The summed E-state index contributed by atoms with van der Waals surface area (Å²) in [5, 5.41) is 0. The van der Waals surface area contributed by atoms with Crippen molar-refractivity contribution in [3.05, 3.63) is 0 Å². The molecular formula is C17H32N2. The smallest absolute Gasteiger partial charge is 0.0102 e. The van der Waals surface area contributed by atoms with Crippen LogP contribution in [0.15, 0.2) is 0 Å². The van der Waals surface area contributed by atoms with Gasteiger partial charge in [0.15, 0.2) is 0 Å². The average Bonchev–Trinajstić information content (AvgIpc) is 2.36. The lowest BCUT2D eigenvalue weighted by Crippen LogP contribution is -2.62. The molecule has 2 heterocycles. The third kappa shape index (κ3) is 2.85. The highest BCUT2D eigenvalue weighted by Crippen LogP contribution is 2.46. The fraction of sp³-hybridized carbons (Fsp3) is 1.00. The van der Waals surface area contributed by atoms with Crippen molar-refractivity contribution in [3.63, 3.8) is 0 Å². The predicted molar refractivity (Wildman–Crippen MR) is 81.4 cm³/mol. The van der Waals surface area contributed by atoms with Gasteiger partial charge >= 0.3 is 0 Å². The van der Waals surface area contributed by atoms with Gasteiger partial charge in [-0.1, -0.05) is 13.3 Å². The Hall–Kier alpha value is -0.0800. The summed E-state index contributed by atoms with van der Waals surface area (Å²) in [4.78, 5) is 5.51. The second kappa shape index (κ2) is 5.37. The lowest BCUT2D eigenvalue weighted by Gasteiger charge is -2.57. The Morgan fingerprint density at radius 3 is 2.58 bits per heavy atom. The standard InChI is InChI=1S/C17H32N2/c1-14(2)19-12-17(13-19)8-4-7-16(10-17)18-9-5-6-15(3)11-18/h14-16H,4-13H2,1-3H3. The Morgan fingerprint density at radius 2 is 1.89 bits per heavy atom. The normalized spacial score (nSPS) is 36.6. The minimum atomic E-state index is 0.702. The Labute approximate surface area is 119 Å². The summed E-state index contributed by atoms with van der Waals surface area (Å²) in [5.74, 6) is 0.931. The molecule has 19 heavy (non-hydrogen) atoms. The Morgan fingerprint density at radius 1 is 1.11 bits per heavy atom. The lowest BCUT2D eigenvalue weighted by atomic mass is 9.66. The lowest BCUT2D eigenvalue weighted by molar-refractivity contribution is -0.0723. The minimum absolute atomic E-state index is 0.702. The molecule has 110 valence electrons. The van der Waals surface area contributed by atoms with Crippen LogP contribution in [0.5, 0.6) is 0 Å². The molecule has 0 N–H and O–H groups in total. The highest BCUT2D eigenvalue weighted by Gasteiger charge is 2.47. The van der Waals surface area contributed by atoms with Gasteiger partial charge in [0.25, 0.3) is 0 Å². The van der Waals surface area contributed by atoms with Crippen molar-refractivity contribution in [1.29, 1.82) is 0 Å². The van der Waals surface area contributed by atoms with Crippen LogP contribution in [0.1, 0.15) is 59.3 Å². The van der Waals surface area contributed by atoms with Crippen molar-refractivity contribution in [2.75, 3.05) is 26.2 Å². The molecule has 0 amide bonds. The van der Waals surface area contributed by atoms with E-state index in [0.29, 0.717) is 5.41 Å². The predicted octanol–water partition coefficient (Wildman–Crippen LogP) is 3.37. The molecule has 0 aromatic rings. The molecule has 3 aliphatic rings. The Bertz CT molecular complexity index is 306. The third-order valence-corrected chi connectivity index (χ3v) is 5.93. The van der Waals surface area contributed by atoms with Crippen molar-refractivity contribution in [2.45, 2.75) is 71.4 Å². The maximum absolute atomic E-state index is 2.84. The molecule has 1 spiro atoms. The number of rotatable bonds is 2. The van der Waals surface area contributed by atoms with Gasteiger partial charge < -0.3 is 4.90 Å². The first-order chi connectivity index (χ1) is 9.08. The van der Waals surface area contributed by atoms with Gasteiger partial charge in [0.2, 0.25) is 0 Å². The highest BCUT2D eigenvalue weighted by molar-refractivity contribution is 5.01. The monoisotopic (exact) mass is 264 g/mol. The summed E-state index contributed by atoms with van der Waals surface area (Å²) in [6.45, 7) is 12.6. The molecule has 0 aromatic heterocycles. The van der Waals surface area contributed by atoms with E-state index in [2.05, 4.69) is 30.6 Å². The van der Waals surface area contributed by atoms with E-state index in [9.17, 15) is 0 Å². The molecule has 0 aromatic carbocycles. The highest BCUT2D eigenvalue weighted by atomic mass is 15.2. The zero-order valence-corrected chi connectivity index (χ0v) is 13.2. The molecule has 3 rings (SSSR count). The first-order valence-corrected chi connectivity index (χ1v) is 8.56. The van der Waals surface area contributed by atoms with Gasteiger partial charge in [0, 0.05) is 31.7 Å². The average molecular weight is 264 g/mol. The maximum Gasteiger partial charge on any atom is 0.0102 e. The van der Waals surface area contributed by atoms with Crippen molar-refractivity contribution in [3.8, 4) is 0 Å². The van der Waals surface area contributed by atoms with Gasteiger partial charge in [-0.25, -0.2) is 0 Å². The molecule has 2 saturated heterocycles. The summed E-state index contributed by atoms with van der Waals surface area (Å²) in [6, 6.07) is 1.66. The van der Waals surface area contributed by atoms with Crippen LogP contribution in [0.4, 0.5) is 0 Å². The molecule has 2 heteroatoms. The number of nitrogens with zero attached hydrogens (tertiary/aromatic N) is 2. The van der Waals surface area contributed by atoms with Gasteiger partial charge in [0.1, 0.15) is 0 Å². The van der Waals surface area contributed by atoms with Crippen LogP contribution in [0.25, 0.3) is 0 Å². The zero-order chi connectivity index (χ0) is 13.5. The van der Waals surface area contributed by atoms with E-state index < -0.39 is 0 Å². The SMILES string of the molecule is CC1CCCN(C2CCCC3(C2)CN(C(C)C)C3)C1. The molecular weight excluding hydrogens is 232 g/mol. The second-order valence-corrected chi connectivity index (χ2v) is 7.99. The number of hydrogen-bond donors (Lipinski definition) is 0. The van der Waals surface area contributed by atoms with E-state index in [-0.39, 0.29) is 0 Å². The second-order valence-electron chi connectivity index (χ2n) is 7.99. The van der Waals surface area contributed by atoms with Gasteiger partial charge in [-0.3, -0.25) is 4.90 Å². The fourth-order valence-corrected chi connectivity index (χ4v) is 4.75. The summed E-state index contributed by atoms with van der Waals surface area (Å²) >= 11 is 0. The molecule has 2 unspecified atom stereocenters. The van der Waals surface area contributed by atoms with E-state index in [1.54, 1.807) is 0 Å². The van der Waals surface area contributed by atoms with Crippen LogP contribution in [-0.2, 0) is 0 Å². The molecule has 2 atom stereocenters. The number of hydrogen-bond acceptors (Lipinski definition) is 2. The summed E-state index contributed by atoms with van der Waals surface area (Å²) < 4.78 is 0. The molecule has 2 nitrogen and oxygen atoms in total. The summed E-state index contributed by atoms with van der Waals surface area (Å²) in [6.07, 6.45) is 8.81. The van der Waals surface area contributed by atoms with Gasteiger partial charge in [-0.05, 0) is 63.8 Å². The van der Waals surface area contributed by atoms with Gasteiger partial charge in [-0.15, -0.1) is 0 Å². The van der Waals surface area contributed by atoms with E-state index >= 15 is 0 Å². The minimum Gasteiger partial charge on any atom is -0.300 e. The fourth-order valence-electron chi connectivity index (χ4n) is 4.75. The van der Waals surface area contributed by atoms with E-state index in [4.69, 9.17) is 0 Å². The van der Waals surface area contributed by atoms with Crippen LogP contribution in [0.3, 0.4) is 0 Å². The first kappa shape index (κ1) is 13.9. The van der Waals surface area contributed by atoms with Crippen molar-refractivity contribution < 1.29 is 0 Å². The molecule has 2 aliphatic heterocycles. The summed E-state index contributed by atoms with van der Waals surface area (Å²) in [7, 11) is 0. The number of piperidine rings is 1. The quantitative estimate of drug-likeness (QED) is 0.754. The van der Waals surface area contributed by atoms with Crippen LogP contribution in [-0.4, -0.2) is 48.1 Å². The molecule has 3 fully saturated rings. The topological polar surface area (TPSA) is 6.48 Å². The van der Waals surface area contributed by atoms with Crippen molar-refractivity contribution >= 4 is 0 Å². The van der Waals surface area contributed by atoms with E-state index in [1.165, 1.54) is 64.7 Å². The zero-order valence-electron chi connectivity index (χ0n) is 13.2. The van der Waals surface area contributed by atoms with E-state index in [1.807, 2.05) is 0 Å². The summed E-state index contributed by atoms with van der Waals surface area (Å²) in [5.41, 5.74) is 0.702. The Kier molecular flexibility index (Phi) is 3.92. The Balaban J connectivity index is 1.57. The third-order valence-electron chi connectivity index (χ3n) is 5.93. The van der Waals surface area contributed by atoms with Crippen LogP contribution < -0.4 is 0 Å². The molecule has 1 saturated carbocycles. The molecule has 0 radical (unpaired) electrons. The van der Waals surface area contributed by atoms with Crippen LogP contribution >= 0.6 is 0 Å². The first-order valence-electron chi connectivity index (χ1n) is 8.56. The van der Waals surface area contributed by atoms with E-state index in [0.717, 1.165) is 18.0 Å². The van der Waals surface area contributed by atoms with Crippen molar-refractivity contribution in [1.82, 2.24) is 9.80 Å². The van der Waals surface area contributed by atoms with Gasteiger partial charge in [-0.2, -0.15) is 0 Å². The maximum atomic E-state index is 2.84. The van der Waals surface area contributed by atoms with Crippen LogP contribution in [0, 0.1) is 11.3 Å². The van der Waals surface area contributed by atoms with Gasteiger partial charge in [0.05, 0.1) is 0 Å². The molecule has 0 bridgehead atoms. The number of likely N-dealkylation sites (tertiary alicyclic amines) is 2. The molecule has 1 aliphatic carbocycles. The largest absolute Gasteiger partial charge is 0.300 e. The van der Waals surface area contributed by atoms with Crippen molar-refractivity contribution in [2.24, 2.45) is 11.3 Å².